The van der Waals surface area contributed by atoms with Crippen LogP contribution in [0.4, 0.5) is 4.79 Å². The summed E-state index contributed by atoms with van der Waals surface area (Å²) in [5.74, 6) is 0.920. The lowest BCUT2D eigenvalue weighted by molar-refractivity contribution is 0.217. The van der Waals surface area contributed by atoms with Crippen molar-refractivity contribution in [1.82, 2.24) is 10.1 Å². The first kappa shape index (κ1) is 8.03. The Labute approximate surface area is 83.0 Å². The maximum absolute atomic E-state index is 11.0. The monoisotopic (exact) mass is 278 g/mol. The van der Waals surface area contributed by atoms with Gasteiger partial charge in [-0.3, -0.25) is 4.79 Å². The number of carbonyl (C=O) groups is 1. The summed E-state index contributed by atoms with van der Waals surface area (Å²) in [6, 6.07) is 0. The SMILES string of the molecule is O=C(I)N1CCc2oncc2C1. The zero-order valence-corrected chi connectivity index (χ0v) is 8.45. The Morgan fingerprint density at radius 1 is 1.75 bits per heavy atom. The van der Waals surface area contributed by atoms with Gasteiger partial charge in [0.25, 0.3) is 3.91 Å². The van der Waals surface area contributed by atoms with Crippen molar-refractivity contribution in [3.8, 4) is 0 Å². The van der Waals surface area contributed by atoms with Gasteiger partial charge in [0.05, 0.1) is 12.7 Å². The summed E-state index contributed by atoms with van der Waals surface area (Å²) in [5, 5.41) is 3.68. The third kappa shape index (κ3) is 1.33. The largest absolute Gasteiger partial charge is 0.361 e. The lowest BCUT2D eigenvalue weighted by Crippen LogP contribution is -2.31. The first-order valence-corrected chi connectivity index (χ1v) is 4.72. The molecule has 4 nitrogen and oxygen atoms in total. The van der Waals surface area contributed by atoms with Crippen molar-refractivity contribution in [3.63, 3.8) is 0 Å². The van der Waals surface area contributed by atoms with E-state index in [1.807, 2.05) is 0 Å². The zero-order valence-electron chi connectivity index (χ0n) is 6.29. The van der Waals surface area contributed by atoms with E-state index < -0.39 is 0 Å². The Balaban J connectivity index is 2.20. The number of carbonyl (C=O) groups excluding carboxylic acids is 1. The molecule has 1 aliphatic rings. The number of hydrogen-bond acceptors (Lipinski definition) is 3. The summed E-state index contributed by atoms with van der Waals surface area (Å²) in [7, 11) is 0. The van der Waals surface area contributed by atoms with Gasteiger partial charge in [-0.15, -0.1) is 0 Å². The van der Waals surface area contributed by atoms with Crippen molar-refractivity contribution in [1.29, 1.82) is 0 Å². The minimum Gasteiger partial charge on any atom is -0.361 e. The fraction of sp³-hybridized carbons (Fsp3) is 0.429. The minimum absolute atomic E-state index is 0.0828. The predicted molar refractivity (Wildman–Crippen MR) is 50.0 cm³/mol. The molecule has 2 rings (SSSR count). The number of fused-ring (bicyclic) bond motifs is 1. The molecule has 5 heteroatoms. The Morgan fingerprint density at radius 2 is 2.58 bits per heavy atom. The number of hydrogen-bond donors (Lipinski definition) is 0. The molecule has 1 amide bonds. The third-order valence-corrected chi connectivity index (χ3v) is 2.63. The van der Waals surface area contributed by atoms with Gasteiger partial charge in [0, 0.05) is 41.1 Å². The highest BCUT2D eigenvalue weighted by Gasteiger charge is 2.21. The van der Waals surface area contributed by atoms with E-state index in [1.165, 1.54) is 0 Å². The first-order valence-electron chi connectivity index (χ1n) is 3.64. The Morgan fingerprint density at radius 3 is 3.33 bits per heavy atom. The molecule has 0 fully saturated rings. The summed E-state index contributed by atoms with van der Waals surface area (Å²) < 4.78 is 5.08. The molecule has 2 heterocycles. The van der Waals surface area contributed by atoms with Crippen LogP contribution >= 0.6 is 22.6 Å². The van der Waals surface area contributed by atoms with E-state index in [-0.39, 0.29) is 3.91 Å². The van der Waals surface area contributed by atoms with Crippen LogP contribution in [0, 0.1) is 0 Å². The van der Waals surface area contributed by atoms with Crippen molar-refractivity contribution >= 4 is 26.5 Å². The van der Waals surface area contributed by atoms with Crippen LogP contribution in [-0.4, -0.2) is 20.5 Å². The summed E-state index contributed by atoms with van der Waals surface area (Å²) in [4.78, 5) is 12.8. The maximum atomic E-state index is 11.0. The molecule has 0 radical (unpaired) electrons. The van der Waals surface area contributed by atoms with E-state index in [4.69, 9.17) is 4.52 Å². The topological polar surface area (TPSA) is 46.3 Å². The van der Waals surface area contributed by atoms with Gasteiger partial charge in [-0.25, -0.2) is 0 Å². The zero-order chi connectivity index (χ0) is 8.55. The van der Waals surface area contributed by atoms with Crippen molar-refractivity contribution in [2.75, 3.05) is 6.54 Å². The molecule has 0 atom stereocenters. The maximum Gasteiger partial charge on any atom is 0.283 e. The molecule has 0 saturated carbocycles. The van der Waals surface area contributed by atoms with Crippen LogP contribution in [0.3, 0.4) is 0 Å². The molecule has 12 heavy (non-hydrogen) atoms. The molecule has 0 N–H and O–H groups in total. The van der Waals surface area contributed by atoms with E-state index in [2.05, 4.69) is 5.16 Å². The van der Waals surface area contributed by atoms with E-state index in [0.717, 1.165) is 24.3 Å². The second kappa shape index (κ2) is 3.04. The van der Waals surface area contributed by atoms with Crippen LogP contribution in [0.25, 0.3) is 0 Å². The molecular formula is C7H7IN2O2. The van der Waals surface area contributed by atoms with Gasteiger partial charge in [0.15, 0.2) is 0 Å². The first-order chi connectivity index (χ1) is 5.77. The van der Waals surface area contributed by atoms with E-state index in [1.54, 1.807) is 33.7 Å². The Kier molecular flexibility index (Phi) is 2.03. The number of aromatic nitrogens is 1. The predicted octanol–water partition coefficient (Wildman–Crippen LogP) is 1.59. The molecule has 0 aromatic carbocycles. The second-order valence-electron chi connectivity index (χ2n) is 2.70. The average Bonchev–Trinajstić information content (AvgIpc) is 2.49. The van der Waals surface area contributed by atoms with Gasteiger partial charge in [0.2, 0.25) is 0 Å². The fourth-order valence-corrected chi connectivity index (χ4v) is 1.70. The van der Waals surface area contributed by atoms with Crippen molar-refractivity contribution < 1.29 is 9.32 Å². The van der Waals surface area contributed by atoms with Gasteiger partial charge >= 0.3 is 0 Å². The molecule has 1 aromatic rings. The quantitative estimate of drug-likeness (QED) is 0.411. The molecule has 1 aromatic heterocycles. The molecule has 0 saturated heterocycles. The van der Waals surface area contributed by atoms with Gasteiger partial charge in [-0.05, 0) is 0 Å². The van der Waals surface area contributed by atoms with Gasteiger partial charge < -0.3 is 9.42 Å². The standard InChI is InChI=1S/C7H7IN2O2/c8-7(11)10-2-1-6-5(4-10)3-9-12-6/h3H,1-2,4H2. The smallest absolute Gasteiger partial charge is 0.283 e. The van der Waals surface area contributed by atoms with E-state index in [9.17, 15) is 4.79 Å². The highest BCUT2D eigenvalue weighted by molar-refractivity contribution is 14.1. The average molecular weight is 278 g/mol. The van der Waals surface area contributed by atoms with Gasteiger partial charge in [-0.2, -0.15) is 0 Å². The normalized spacial score (nSPS) is 15.9. The summed E-state index contributed by atoms with van der Waals surface area (Å²) in [6.45, 7) is 1.38. The number of amides is 1. The van der Waals surface area contributed by atoms with Crippen molar-refractivity contribution in [3.05, 3.63) is 17.5 Å². The lowest BCUT2D eigenvalue weighted by atomic mass is 10.1. The molecule has 0 unspecified atom stereocenters. The van der Waals surface area contributed by atoms with Gasteiger partial charge in [0.1, 0.15) is 5.76 Å². The number of nitrogens with zero attached hydrogens (tertiary/aromatic N) is 2. The van der Waals surface area contributed by atoms with Gasteiger partial charge in [-0.1, -0.05) is 5.16 Å². The number of rotatable bonds is 0. The minimum atomic E-state index is 0.0828. The Hall–Kier alpha value is -0.590. The molecular weight excluding hydrogens is 271 g/mol. The molecule has 1 aliphatic heterocycles. The van der Waals surface area contributed by atoms with E-state index >= 15 is 0 Å². The van der Waals surface area contributed by atoms with Crippen LogP contribution in [0.15, 0.2) is 10.7 Å². The third-order valence-electron chi connectivity index (χ3n) is 1.95. The second-order valence-corrected chi connectivity index (χ2v) is 3.62. The highest BCUT2D eigenvalue weighted by atomic mass is 127. The summed E-state index contributed by atoms with van der Waals surface area (Å²) in [5.41, 5.74) is 1.03. The highest BCUT2D eigenvalue weighted by Crippen LogP contribution is 2.19. The molecule has 64 valence electrons. The van der Waals surface area contributed by atoms with Crippen molar-refractivity contribution in [2.24, 2.45) is 0 Å². The van der Waals surface area contributed by atoms with Crippen LogP contribution in [0.1, 0.15) is 11.3 Å². The van der Waals surface area contributed by atoms with Crippen LogP contribution in [-0.2, 0) is 13.0 Å². The molecule has 0 aliphatic carbocycles. The lowest BCUT2D eigenvalue weighted by Gasteiger charge is -2.22. The summed E-state index contributed by atoms with van der Waals surface area (Å²) >= 11 is 1.79. The van der Waals surface area contributed by atoms with Crippen molar-refractivity contribution in [2.45, 2.75) is 13.0 Å². The van der Waals surface area contributed by atoms with E-state index in [0.29, 0.717) is 6.54 Å². The summed E-state index contributed by atoms with van der Waals surface area (Å²) in [6.07, 6.45) is 2.46. The van der Waals surface area contributed by atoms with Crippen LogP contribution in [0.2, 0.25) is 0 Å². The Bertz CT molecular complexity index is 310. The number of halogens is 1. The molecule has 0 bridgehead atoms. The molecule has 0 spiro atoms. The van der Waals surface area contributed by atoms with Crippen LogP contribution < -0.4 is 0 Å². The fourth-order valence-electron chi connectivity index (χ4n) is 1.29. The van der Waals surface area contributed by atoms with Crippen LogP contribution in [0.5, 0.6) is 0 Å².